The third-order valence-electron chi connectivity index (χ3n) is 3.55. The van der Waals surface area contributed by atoms with Gasteiger partial charge in [-0.05, 0) is 30.9 Å². The number of halogens is 2. The van der Waals surface area contributed by atoms with Crippen LogP contribution in [-0.4, -0.2) is 18.1 Å². The highest BCUT2D eigenvalue weighted by Crippen LogP contribution is 2.26. The normalized spacial score (nSPS) is 17.5. The Bertz CT molecular complexity index is 374. The van der Waals surface area contributed by atoms with Crippen LogP contribution in [0.15, 0.2) is 12.1 Å². The zero-order chi connectivity index (χ0) is 12.3. The van der Waals surface area contributed by atoms with Crippen molar-refractivity contribution in [3.63, 3.8) is 0 Å². The second-order valence-corrected chi connectivity index (χ2v) is 5.24. The summed E-state index contributed by atoms with van der Waals surface area (Å²) in [5, 5.41) is 0.659. The van der Waals surface area contributed by atoms with Gasteiger partial charge in [0.25, 0.3) is 0 Å². The Hall–Kier alpha value is -0.470. The van der Waals surface area contributed by atoms with Crippen molar-refractivity contribution < 1.29 is 0 Å². The van der Waals surface area contributed by atoms with Crippen molar-refractivity contribution in [3.05, 3.63) is 22.8 Å². The monoisotopic (exact) mass is 272 g/mol. The van der Waals surface area contributed by atoms with Gasteiger partial charge in [0.05, 0.1) is 16.6 Å². The molecule has 94 valence electrons. The van der Waals surface area contributed by atoms with E-state index in [1.807, 2.05) is 12.1 Å². The molecular formula is C13H18Cl2N2. The first-order chi connectivity index (χ1) is 8.24. The van der Waals surface area contributed by atoms with E-state index in [2.05, 4.69) is 16.8 Å². The van der Waals surface area contributed by atoms with Crippen LogP contribution in [0.5, 0.6) is 0 Å². The Morgan fingerprint density at radius 1 is 1.35 bits per heavy atom. The van der Waals surface area contributed by atoms with Crippen molar-refractivity contribution >= 4 is 29.0 Å². The third-order valence-corrected chi connectivity index (χ3v) is 4.14. The Kier molecular flexibility index (Phi) is 4.52. The predicted molar refractivity (Wildman–Crippen MR) is 74.0 cm³/mol. The fraction of sp³-hybridized carbons (Fsp3) is 0.615. The van der Waals surface area contributed by atoms with Gasteiger partial charge in [-0.3, -0.25) is 0 Å². The van der Waals surface area contributed by atoms with Crippen LogP contribution in [0.2, 0.25) is 5.02 Å². The number of aromatic nitrogens is 1. The lowest BCUT2D eigenvalue weighted by Gasteiger charge is -2.32. The van der Waals surface area contributed by atoms with E-state index in [9.17, 15) is 0 Å². The van der Waals surface area contributed by atoms with Gasteiger partial charge in [-0.15, -0.1) is 11.6 Å². The number of nitrogens with zero attached hydrogens (tertiary/aromatic N) is 2. The topological polar surface area (TPSA) is 16.1 Å². The minimum absolute atomic E-state index is 0.373. The number of alkyl halides is 1. The predicted octanol–water partition coefficient (Wildman–Crippen LogP) is 4.10. The maximum Gasteiger partial charge on any atom is 0.128 e. The molecule has 17 heavy (non-hydrogen) atoms. The summed E-state index contributed by atoms with van der Waals surface area (Å²) in [4.78, 5) is 6.86. The van der Waals surface area contributed by atoms with Gasteiger partial charge < -0.3 is 4.90 Å². The molecular weight excluding hydrogens is 255 g/mol. The molecule has 1 aliphatic rings. The molecule has 0 bridgehead atoms. The molecule has 0 unspecified atom stereocenters. The minimum Gasteiger partial charge on any atom is -0.357 e. The molecule has 0 atom stereocenters. The molecule has 1 aromatic rings. The molecule has 1 aromatic heterocycles. The van der Waals surface area contributed by atoms with E-state index in [-0.39, 0.29) is 0 Å². The van der Waals surface area contributed by atoms with Crippen LogP contribution in [0.4, 0.5) is 5.82 Å². The van der Waals surface area contributed by atoms with Gasteiger partial charge in [-0.2, -0.15) is 0 Å². The number of rotatable bonds is 3. The van der Waals surface area contributed by atoms with E-state index in [1.165, 1.54) is 19.3 Å². The summed E-state index contributed by atoms with van der Waals surface area (Å²) in [7, 11) is 0. The molecule has 2 heterocycles. The summed E-state index contributed by atoms with van der Waals surface area (Å²) in [6.45, 7) is 4.45. The van der Waals surface area contributed by atoms with E-state index < -0.39 is 0 Å². The highest BCUT2D eigenvalue weighted by atomic mass is 35.5. The summed E-state index contributed by atoms with van der Waals surface area (Å²) >= 11 is 11.8. The number of pyridine rings is 1. The van der Waals surface area contributed by atoms with Crippen molar-refractivity contribution in [2.24, 2.45) is 5.92 Å². The van der Waals surface area contributed by atoms with Crippen LogP contribution in [0, 0.1) is 5.92 Å². The fourth-order valence-electron chi connectivity index (χ4n) is 2.31. The Labute approximate surface area is 113 Å². The Morgan fingerprint density at radius 3 is 2.65 bits per heavy atom. The van der Waals surface area contributed by atoms with Crippen LogP contribution in [0.3, 0.4) is 0 Å². The molecule has 1 saturated heterocycles. The molecule has 2 rings (SSSR count). The van der Waals surface area contributed by atoms with Crippen molar-refractivity contribution in [3.8, 4) is 0 Å². The molecule has 0 aliphatic carbocycles. The average Bonchev–Trinajstić information content (AvgIpc) is 2.39. The third kappa shape index (κ3) is 3.05. The Morgan fingerprint density at radius 2 is 2.06 bits per heavy atom. The first-order valence-electron chi connectivity index (χ1n) is 6.21. The molecule has 1 fully saturated rings. The second-order valence-electron chi connectivity index (χ2n) is 4.57. The van der Waals surface area contributed by atoms with Gasteiger partial charge in [0.15, 0.2) is 0 Å². The van der Waals surface area contributed by atoms with E-state index in [4.69, 9.17) is 23.2 Å². The van der Waals surface area contributed by atoms with E-state index in [1.54, 1.807) is 0 Å². The molecule has 0 spiro atoms. The standard InChI is InChI=1S/C13H18Cl2N2/c1-2-10-5-7-17(8-6-10)13-4-3-11(15)12(9-14)16-13/h3-4,10H,2,5-9H2,1H3. The zero-order valence-corrected chi connectivity index (χ0v) is 11.6. The van der Waals surface area contributed by atoms with Crippen LogP contribution in [0.25, 0.3) is 0 Å². The van der Waals surface area contributed by atoms with E-state index >= 15 is 0 Å². The smallest absolute Gasteiger partial charge is 0.128 e. The lowest BCUT2D eigenvalue weighted by atomic mass is 9.94. The van der Waals surface area contributed by atoms with Crippen molar-refractivity contribution in [2.75, 3.05) is 18.0 Å². The van der Waals surface area contributed by atoms with E-state index in [0.717, 1.165) is 30.5 Å². The molecule has 0 aromatic carbocycles. The molecule has 0 radical (unpaired) electrons. The molecule has 2 nitrogen and oxygen atoms in total. The minimum atomic E-state index is 0.373. The highest BCUT2D eigenvalue weighted by Gasteiger charge is 2.19. The Balaban J connectivity index is 2.08. The van der Waals surface area contributed by atoms with Gasteiger partial charge in [0.2, 0.25) is 0 Å². The van der Waals surface area contributed by atoms with Gasteiger partial charge in [-0.1, -0.05) is 24.9 Å². The van der Waals surface area contributed by atoms with Gasteiger partial charge in [-0.25, -0.2) is 4.98 Å². The lowest BCUT2D eigenvalue weighted by molar-refractivity contribution is 0.393. The average molecular weight is 273 g/mol. The number of anilines is 1. The zero-order valence-electron chi connectivity index (χ0n) is 10.1. The van der Waals surface area contributed by atoms with Crippen molar-refractivity contribution in [1.29, 1.82) is 0 Å². The number of piperidine rings is 1. The van der Waals surface area contributed by atoms with Crippen molar-refractivity contribution in [2.45, 2.75) is 32.1 Å². The SMILES string of the molecule is CCC1CCN(c2ccc(Cl)c(CCl)n2)CC1. The molecule has 0 N–H and O–H groups in total. The van der Waals surface area contributed by atoms with Crippen LogP contribution >= 0.6 is 23.2 Å². The quantitative estimate of drug-likeness (QED) is 0.771. The first-order valence-corrected chi connectivity index (χ1v) is 7.12. The first kappa shape index (κ1) is 13.0. The number of hydrogen-bond acceptors (Lipinski definition) is 2. The van der Waals surface area contributed by atoms with Gasteiger partial charge >= 0.3 is 0 Å². The fourth-order valence-corrected chi connectivity index (χ4v) is 2.76. The van der Waals surface area contributed by atoms with Gasteiger partial charge in [0.1, 0.15) is 5.82 Å². The maximum absolute atomic E-state index is 6.02. The van der Waals surface area contributed by atoms with Crippen molar-refractivity contribution in [1.82, 2.24) is 4.98 Å². The molecule has 0 saturated carbocycles. The highest BCUT2D eigenvalue weighted by molar-refractivity contribution is 6.32. The molecule has 1 aliphatic heterocycles. The summed E-state index contributed by atoms with van der Waals surface area (Å²) in [6, 6.07) is 3.89. The summed E-state index contributed by atoms with van der Waals surface area (Å²) < 4.78 is 0. The lowest BCUT2D eigenvalue weighted by Crippen LogP contribution is -2.34. The summed E-state index contributed by atoms with van der Waals surface area (Å²) in [6.07, 6.45) is 3.81. The largest absolute Gasteiger partial charge is 0.357 e. The van der Waals surface area contributed by atoms with Crippen LogP contribution in [0.1, 0.15) is 31.9 Å². The number of hydrogen-bond donors (Lipinski definition) is 0. The second kappa shape index (κ2) is 5.92. The van der Waals surface area contributed by atoms with Gasteiger partial charge in [0, 0.05) is 13.1 Å². The summed E-state index contributed by atoms with van der Waals surface area (Å²) in [5.74, 6) is 2.27. The maximum atomic E-state index is 6.02. The molecule has 4 heteroatoms. The van der Waals surface area contributed by atoms with E-state index in [0.29, 0.717) is 10.9 Å². The van der Waals surface area contributed by atoms with Crippen LogP contribution in [-0.2, 0) is 5.88 Å². The van der Waals surface area contributed by atoms with Crippen LogP contribution < -0.4 is 4.90 Å². The molecule has 0 amide bonds. The summed E-state index contributed by atoms with van der Waals surface area (Å²) in [5.41, 5.74) is 0.781.